The highest BCUT2D eigenvalue weighted by molar-refractivity contribution is 5.98. The number of Topliss-reactive ketones (excluding diaryl/α,β-unsaturated/α-hetero) is 1. The first kappa shape index (κ1) is 19.4. The Hall–Kier alpha value is -1.59. The fraction of sp³-hybridized carbons (Fsp3) is 0.467. The van der Waals surface area contributed by atoms with Crippen molar-refractivity contribution in [2.45, 2.75) is 19.8 Å². The Balaban J connectivity index is 0.00000400. The minimum atomic E-state index is -0.118. The lowest BCUT2D eigenvalue weighted by Crippen LogP contribution is -2.31. The molecule has 1 unspecified atom stereocenters. The zero-order chi connectivity index (χ0) is 15.0. The van der Waals surface area contributed by atoms with Gasteiger partial charge in [0.25, 0.3) is 0 Å². The smallest absolute Gasteiger partial charge is 0.220 e. The van der Waals surface area contributed by atoms with Gasteiger partial charge in [-0.1, -0.05) is 6.92 Å². The van der Waals surface area contributed by atoms with E-state index in [9.17, 15) is 9.59 Å². The fourth-order valence-corrected chi connectivity index (χ4v) is 1.61. The summed E-state index contributed by atoms with van der Waals surface area (Å²) < 4.78 is 5.03. The number of nitrogens with two attached hydrogens (primary N) is 1. The topological polar surface area (TPSA) is 81.4 Å². The number of carbonyl (C=O) groups is 2. The summed E-state index contributed by atoms with van der Waals surface area (Å²) in [5.74, 6) is 0.785. The number of ether oxygens (including phenoxy) is 1. The Morgan fingerprint density at radius 1 is 1.24 bits per heavy atom. The second-order valence-electron chi connectivity index (χ2n) is 4.80. The molecule has 0 aliphatic carbocycles. The highest BCUT2D eigenvalue weighted by atomic mass is 35.5. The van der Waals surface area contributed by atoms with Crippen LogP contribution in [0, 0.1) is 5.92 Å². The van der Waals surface area contributed by atoms with Gasteiger partial charge in [-0.3, -0.25) is 9.59 Å². The van der Waals surface area contributed by atoms with Gasteiger partial charge in [0.1, 0.15) is 5.75 Å². The van der Waals surface area contributed by atoms with Crippen LogP contribution in [0.5, 0.6) is 5.75 Å². The molecular weight excluding hydrogens is 292 g/mol. The summed E-state index contributed by atoms with van der Waals surface area (Å²) in [6.45, 7) is 3.04. The van der Waals surface area contributed by atoms with Crippen molar-refractivity contribution in [3.05, 3.63) is 29.8 Å². The predicted molar refractivity (Wildman–Crippen MR) is 85.0 cm³/mol. The number of hydrogen-bond acceptors (Lipinski definition) is 4. The highest BCUT2D eigenvalue weighted by Gasteiger charge is 2.10. The van der Waals surface area contributed by atoms with Crippen LogP contribution in [0.3, 0.4) is 0 Å². The molecule has 1 rings (SSSR count). The van der Waals surface area contributed by atoms with Crippen LogP contribution in [0.25, 0.3) is 0 Å². The van der Waals surface area contributed by atoms with E-state index in [2.05, 4.69) is 5.32 Å². The predicted octanol–water partition coefficient (Wildman–Crippen LogP) is 1.79. The van der Waals surface area contributed by atoms with E-state index in [1.54, 1.807) is 31.4 Å². The van der Waals surface area contributed by atoms with Crippen LogP contribution < -0.4 is 15.8 Å². The van der Waals surface area contributed by atoms with Crippen LogP contribution in [-0.2, 0) is 4.79 Å². The number of rotatable bonds is 8. The van der Waals surface area contributed by atoms with Crippen molar-refractivity contribution in [2.75, 3.05) is 20.2 Å². The van der Waals surface area contributed by atoms with Crippen molar-refractivity contribution in [1.82, 2.24) is 5.32 Å². The van der Waals surface area contributed by atoms with Gasteiger partial charge in [-0.2, -0.15) is 0 Å². The summed E-state index contributed by atoms with van der Waals surface area (Å²) in [7, 11) is 1.57. The van der Waals surface area contributed by atoms with E-state index in [0.29, 0.717) is 24.4 Å². The van der Waals surface area contributed by atoms with Crippen molar-refractivity contribution < 1.29 is 14.3 Å². The minimum absolute atomic E-state index is 0. The molecule has 0 aliphatic rings. The second-order valence-corrected chi connectivity index (χ2v) is 4.80. The average molecular weight is 315 g/mol. The molecule has 0 saturated carbocycles. The largest absolute Gasteiger partial charge is 0.497 e. The molecule has 0 fully saturated rings. The van der Waals surface area contributed by atoms with E-state index in [1.165, 1.54) is 0 Å². The van der Waals surface area contributed by atoms with Gasteiger partial charge in [0.05, 0.1) is 7.11 Å². The normalized spacial score (nSPS) is 11.2. The van der Waals surface area contributed by atoms with E-state index in [-0.39, 0.29) is 42.9 Å². The number of ketones is 1. The van der Waals surface area contributed by atoms with Gasteiger partial charge >= 0.3 is 0 Å². The van der Waals surface area contributed by atoms with Crippen LogP contribution in [0.4, 0.5) is 0 Å². The van der Waals surface area contributed by atoms with Gasteiger partial charge in [-0.25, -0.2) is 0 Å². The number of hydrogen-bond donors (Lipinski definition) is 2. The number of halogens is 1. The summed E-state index contributed by atoms with van der Waals surface area (Å²) in [4.78, 5) is 23.5. The number of benzene rings is 1. The fourth-order valence-electron chi connectivity index (χ4n) is 1.61. The SMILES string of the molecule is COc1ccc(C(=O)CCC(=O)NCC(C)CN)cc1.Cl. The summed E-state index contributed by atoms with van der Waals surface area (Å²) in [6.07, 6.45) is 0.400. The number of amides is 1. The standard InChI is InChI=1S/C15H22N2O3.ClH/c1-11(9-16)10-17-15(19)8-7-14(18)12-3-5-13(20-2)6-4-12;/h3-6,11H,7-10,16H2,1-2H3,(H,17,19);1H. The zero-order valence-corrected chi connectivity index (χ0v) is 13.2. The Bertz CT molecular complexity index is 449. The first-order valence-electron chi connectivity index (χ1n) is 6.70. The van der Waals surface area contributed by atoms with Gasteiger partial charge in [0, 0.05) is 24.9 Å². The summed E-state index contributed by atoms with van der Waals surface area (Å²) in [5.41, 5.74) is 6.06. The van der Waals surface area contributed by atoms with Gasteiger partial charge in [0.2, 0.25) is 5.91 Å². The molecule has 0 saturated heterocycles. The Morgan fingerprint density at radius 3 is 2.38 bits per heavy atom. The Labute approximate surface area is 131 Å². The third-order valence-corrected chi connectivity index (χ3v) is 3.04. The molecule has 0 radical (unpaired) electrons. The molecule has 1 aromatic carbocycles. The van der Waals surface area contributed by atoms with Gasteiger partial charge in [0.15, 0.2) is 5.78 Å². The molecule has 1 aromatic rings. The molecule has 0 spiro atoms. The van der Waals surface area contributed by atoms with Crippen molar-refractivity contribution >= 4 is 24.1 Å². The van der Waals surface area contributed by atoms with E-state index in [0.717, 1.165) is 0 Å². The molecule has 5 nitrogen and oxygen atoms in total. The maximum absolute atomic E-state index is 11.9. The molecule has 3 N–H and O–H groups in total. The van der Waals surface area contributed by atoms with Crippen molar-refractivity contribution in [3.8, 4) is 5.75 Å². The molecule has 1 amide bonds. The van der Waals surface area contributed by atoms with Crippen molar-refractivity contribution in [3.63, 3.8) is 0 Å². The first-order chi connectivity index (χ1) is 9.56. The van der Waals surface area contributed by atoms with Crippen LogP contribution in [0.1, 0.15) is 30.1 Å². The monoisotopic (exact) mass is 314 g/mol. The minimum Gasteiger partial charge on any atom is -0.497 e. The molecule has 6 heteroatoms. The third kappa shape index (κ3) is 7.11. The van der Waals surface area contributed by atoms with Crippen LogP contribution >= 0.6 is 12.4 Å². The lowest BCUT2D eigenvalue weighted by molar-refractivity contribution is -0.121. The van der Waals surface area contributed by atoms with Crippen LogP contribution in [0.15, 0.2) is 24.3 Å². The molecule has 0 heterocycles. The average Bonchev–Trinajstić information content (AvgIpc) is 2.50. The molecule has 21 heavy (non-hydrogen) atoms. The van der Waals surface area contributed by atoms with E-state index >= 15 is 0 Å². The molecule has 0 aliphatic heterocycles. The second kappa shape index (κ2) is 10.2. The third-order valence-electron chi connectivity index (χ3n) is 3.04. The maximum Gasteiger partial charge on any atom is 0.220 e. The van der Waals surface area contributed by atoms with Gasteiger partial charge < -0.3 is 15.8 Å². The van der Waals surface area contributed by atoms with E-state index < -0.39 is 0 Å². The van der Waals surface area contributed by atoms with Gasteiger partial charge in [-0.05, 0) is 36.7 Å². The summed E-state index contributed by atoms with van der Waals surface area (Å²) in [5, 5.41) is 2.77. The highest BCUT2D eigenvalue weighted by Crippen LogP contribution is 2.13. The first-order valence-corrected chi connectivity index (χ1v) is 6.70. The van der Waals surface area contributed by atoms with E-state index in [1.807, 2.05) is 6.92 Å². The summed E-state index contributed by atoms with van der Waals surface area (Å²) in [6, 6.07) is 6.87. The van der Waals surface area contributed by atoms with Crippen molar-refractivity contribution in [1.29, 1.82) is 0 Å². The lowest BCUT2D eigenvalue weighted by atomic mass is 10.1. The van der Waals surface area contributed by atoms with Gasteiger partial charge in [-0.15, -0.1) is 12.4 Å². The molecule has 1 atom stereocenters. The molecule has 118 valence electrons. The number of carbonyl (C=O) groups excluding carboxylic acids is 2. The number of nitrogens with one attached hydrogen (secondary N) is 1. The summed E-state index contributed by atoms with van der Waals surface area (Å²) >= 11 is 0. The maximum atomic E-state index is 11.9. The van der Waals surface area contributed by atoms with Crippen LogP contribution in [0.2, 0.25) is 0 Å². The Kier molecular flexibility index (Phi) is 9.41. The Morgan fingerprint density at radius 2 is 1.86 bits per heavy atom. The zero-order valence-electron chi connectivity index (χ0n) is 12.4. The quantitative estimate of drug-likeness (QED) is 0.717. The lowest BCUT2D eigenvalue weighted by Gasteiger charge is -2.09. The van der Waals surface area contributed by atoms with Crippen molar-refractivity contribution in [2.24, 2.45) is 11.7 Å². The van der Waals surface area contributed by atoms with Crippen LogP contribution in [-0.4, -0.2) is 31.9 Å². The molecule has 0 aromatic heterocycles. The number of methoxy groups -OCH3 is 1. The molecule has 0 bridgehead atoms. The molecular formula is C15H23ClN2O3. The van der Waals surface area contributed by atoms with E-state index in [4.69, 9.17) is 10.5 Å².